The summed E-state index contributed by atoms with van der Waals surface area (Å²) in [6.07, 6.45) is 5.32. The van der Waals surface area contributed by atoms with E-state index >= 15 is 0 Å². The number of rotatable bonds is 6. The summed E-state index contributed by atoms with van der Waals surface area (Å²) in [6, 6.07) is 3.43. The van der Waals surface area contributed by atoms with Gasteiger partial charge in [-0.25, -0.2) is 27.5 Å². The van der Waals surface area contributed by atoms with Crippen molar-refractivity contribution >= 4 is 44.4 Å². The van der Waals surface area contributed by atoms with Crippen LogP contribution in [0.4, 0.5) is 4.39 Å². The number of nitrogens with zero attached hydrogens (tertiary/aromatic N) is 4. The summed E-state index contributed by atoms with van der Waals surface area (Å²) in [5.41, 5.74) is 3.18. The first-order chi connectivity index (χ1) is 16.8. The van der Waals surface area contributed by atoms with E-state index in [0.29, 0.717) is 37.2 Å². The lowest BCUT2D eigenvalue weighted by atomic mass is 9.92. The summed E-state index contributed by atoms with van der Waals surface area (Å²) in [7, 11) is -3.37. The Morgan fingerprint density at radius 3 is 2.77 bits per heavy atom. The molecule has 0 spiro atoms. The van der Waals surface area contributed by atoms with Gasteiger partial charge in [0.05, 0.1) is 17.1 Å². The normalized spacial score (nSPS) is 22.5. The third-order valence-corrected chi connectivity index (χ3v) is 9.54. The van der Waals surface area contributed by atoms with Crippen LogP contribution in [0.3, 0.4) is 0 Å². The zero-order valence-corrected chi connectivity index (χ0v) is 21.1. The molecule has 1 aliphatic carbocycles. The molecule has 35 heavy (non-hydrogen) atoms. The van der Waals surface area contributed by atoms with Crippen LogP contribution < -0.4 is 4.72 Å². The Morgan fingerprint density at radius 2 is 2.11 bits per heavy atom. The lowest BCUT2D eigenvalue weighted by molar-refractivity contribution is 0.517. The molecule has 0 bridgehead atoms. The highest BCUT2D eigenvalue weighted by Crippen LogP contribution is 2.46. The molecule has 2 N–H and O–H groups in total. The number of nitrogens with one attached hydrogen (secondary N) is 2. The molecule has 182 valence electrons. The molecule has 6 rings (SSSR count). The lowest BCUT2D eigenvalue weighted by Gasteiger charge is -2.32. The van der Waals surface area contributed by atoms with Crippen molar-refractivity contribution in [3.05, 3.63) is 74.6 Å². The van der Waals surface area contributed by atoms with E-state index in [4.69, 9.17) is 16.6 Å². The van der Waals surface area contributed by atoms with Gasteiger partial charge in [0.2, 0.25) is 10.0 Å². The maximum absolute atomic E-state index is 13.9. The number of fused-ring (bicyclic) bond motifs is 1. The number of imidazole rings is 1. The second-order valence-electron chi connectivity index (χ2n) is 8.97. The first-order valence-corrected chi connectivity index (χ1v) is 14.1. The molecule has 2 atom stereocenters. The minimum Gasteiger partial charge on any atom is -0.342 e. The van der Waals surface area contributed by atoms with E-state index in [1.165, 1.54) is 23.5 Å². The number of hydrogen-bond donors (Lipinski definition) is 2. The van der Waals surface area contributed by atoms with Gasteiger partial charge in [0, 0.05) is 52.4 Å². The molecule has 2 aliphatic heterocycles. The summed E-state index contributed by atoms with van der Waals surface area (Å²) in [5.74, 6) is 0.957. The van der Waals surface area contributed by atoms with Crippen LogP contribution in [0.2, 0.25) is 5.02 Å². The van der Waals surface area contributed by atoms with Crippen LogP contribution >= 0.6 is 22.9 Å². The van der Waals surface area contributed by atoms with E-state index in [1.807, 2.05) is 17.2 Å². The van der Waals surface area contributed by atoms with Crippen molar-refractivity contribution < 1.29 is 12.8 Å². The Balaban J connectivity index is 1.51. The van der Waals surface area contributed by atoms with Crippen LogP contribution in [0, 0.1) is 12.7 Å². The van der Waals surface area contributed by atoms with Gasteiger partial charge in [0.1, 0.15) is 17.7 Å². The molecule has 8 nitrogen and oxygen atoms in total. The third kappa shape index (κ3) is 4.20. The van der Waals surface area contributed by atoms with E-state index in [1.54, 1.807) is 18.5 Å². The molecular formula is C23H22ClFN6O2S2. The number of aromatic nitrogens is 3. The predicted octanol–water partition coefficient (Wildman–Crippen LogP) is 4.04. The summed E-state index contributed by atoms with van der Waals surface area (Å²) < 4.78 is 42.3. The second kappa shape index (κ2) is 8.51. The molecule has 0 amide bonds. The molecule has 3 aliphatic rings. The predicted molar refractivity (Wildman–Crippen MR) is 133 cm³/mol. The SMILES string of the molecule is Cc1ncc(C2=C3C[C@H](NS(=O)(=O)C4CC4)CN3C(c3nccs3)=N[C@H]2c2ccc(F)cc2Cl)[nH]1. The highest BCUT2D eigenvalue weighted by molar-refractivity contribution is 7.90. The van der Waals surface area contributed by atoms with Crippen LogP contribution in [0.1, 0.15) is 47.4 Å². The van der Waals surface area contributed by atoms with Gasteiger partial charge in [0.15, 0.2) is 10.8 Å². The Bertz CT molecular complexity index is 1460. The van der Waals surface area contributed by atoms with Crippen molar-refractivity contribution in [3.63, 3.8) is 0 Å². The molecular weight excluding hydrogens is 511 g/mol. The monoisotopic (exact) mass is 532 g/mol. The van der Waals surface area contributed by atoms with Gasteiger partial charge < -0.3 is 9.88 Å². The first kappa shape index (κ1) is 22.8. The van der Waals surface area contributed by atoms with Gasteiger partial charge >= 0.3 is 0 Å². The van der Waals surface area contributed by atoms with Gasteiger partial charge in [-0.3, -0.25) is 4.99 Å². The van der Waals surface area contributed by atoms with Gasteiger partial charge in [-0.2, -0.15) is 0 Å². The highest BCUT2D eigenvalue weighted by Gasteiger charge is 2.44. The molecule has 2 fully saturated rings. The average molecular weight is 533 g/mol. The number of H-pyrrole nitrogens is 1. The minimum atomic E-state index is -3.37. The molecule has 3 aromatic rings. The largest absolute Gasteiger partial charge is 0.342 e. The molecule has 1 saturated heterocycles. The highest BCUT2D eigenvalue weighted by atomic mass is 35.5. The van der Waals surface area contributed by atoms with Crippen molar-refractivity contribution in [2.75, 3.05) is 6.54 Å². The molecule has 1 aromatic carbocycles. The van der Waals surface area contributed by atoms with E-state index in [9.17, 15) is 12.8 Å². The van der Waals surface area contributed by atoms with E-state index < -0.39 is 21.9 Å². The Kier molecular flexibility index (Phi) is 5.55. The summed E-state index contributed by atoms with van der Waals surface area (Å²) in [5, 5.41) is 2.56. The van der Waals surface area contributed by atoms with E-state index in [-0.39, 0.29) is 16.3 Å². The quantitative estimate of drug-likeness (QED) is 0.499. The number of hydrogen-bond acceptors (Lipinski definition) is 7. The Morgan fingerprint density at radius 1 is 1.29 bits per heavy atom. The fraction of sp³-hybridized carbons (Fsp3) is 0.348. The van der Waals surface area contributed by atoms with Gasteiger partial charge in [-0.15, -0.1) is 11.3 Å². The fourth-order valence-corrected chi connectivity index (χ4v) is 7.20. The number of amidine groups is 1. The van der Waals surface area contributed by atoms with Gasteiger partial charge in [-0.05, 0) is 31.9 Å². The number of halogens is 2. The maximum Gasteiger partial charge on any atom is 0.214 e. The molecule has 12 heteroatoms. The van der Waals surface area contributed by atoms with Crippen LogP contribution in [-0.4, -0.2) is 51.9 Å². The summed E-state index contributed by atoms with van der Waals surface area (Å²) >= 11 is 7.97. The summed E-state index contributed by atoms with van der Waals surface area (Å²) in [6.45, 7) is 2.29. The molecule has 1 saturated carbocycles. The molecule has 2 aromatic heterocycles. The fourth-order valence-electron chi connectivity index (χ4n) is 4.72. The van der Waals surface area contributed by atoms with E-state index in [0.717, 1.165) is 27.8 Å². The van der Waals surface area contributed by atoms with Crippen LogP contribution in [0.25, 0.3) is 5.57 Å². The van der Waals surface area contributed by atoms with Gasteiger partial charge in [-0.1, -0.05) is 17.7 Å². The smallest absolute Gasteiger partial charge is 0.214 e. The number of sulfonamides is 1. The zero-order chi connectivity index (χ0) is 24.3. The maximum atomic E-state index is 13.9. The number of aryl methyl sites for hydroxylation is 1. The Labute approximate surface area is 211 Å². The van der Waals surface area contributed by atoms with Crippen molar-refractivity contribution in [1.29, 1.82) is 0 Å². The minimum absolute atomic E-state index is 0.268. The topological polar surface area (TPSA) is 103 Å². The van der Waals surface area contributed by atoms with Crippen LogP contribution in [-0.2, 0) is 10.0 Å². The number of aliphatic imine (C=N–C) groups is 1. The van der Waals surface area contributed by atoms with Crippen molar-refractivity contribution in [3.8, 4) is 0 Å². The second-order valence-corrected chi connectivity index (χ2v) is 12.3. The number of thiazole rings is 1. The van der Waals surface area contributed by atoms with Crippen molar-refractivity contribution in [2.24, 2.45) is 4.99 Å². The molecule has 0 radical (unpaired) electrons. The van der Waals surface area contributed by atoms with Crippen molar-refractivity contribution in [2.45, 2.75) is 43.5 Å². The zero-order valence-electron chi connectivity index (χ0n) is 18.7. The lowest BCUT2D eigenvalue weighted by Crippen LogP contribution is -2.40. The molecule has 0 unspecified atom stereocenters. The number of benzene rings is 1. The standard InChI is InChI=1S/C23H22ClFN6O2S2/c1-12-27-10-18(28-12)20-19-9-14(30-35(32,33)15-3-4-15)11-31(19)22(23-26-6-7-34-23)29-21(20)16-5-2-13(25)8-17(16)24/h2,5-8,10,14-15,21,30H,3-4,9,11H2,1H3,(H,27,28)/t14-,21-/m0/s1. The average Bonchev–Trinajstić information content (AvgIpc) is 3.17. The van der Waals surface area contributed by atoms with E-state index in [2.05, 4.69) is 19.7 Å². The third-order valence-electron chi connectivity index (χ3n) is 6.43. The van der Waals surface area contributed by atoms with Crippen LogP contribution in [0.15, 0.2) is 46.7 Å². The Hall–Kier alpha value is -2.60. The van der Waals surface area contributed by atoms with Crippen LogP contribution in [0.5, 0.6) is 0 Å². The van der Waals surface area contributed by atoms with Crippen molar-refractivity contribution in [1.82, 2.24) is 24.6 Å². The first-order valence-electron chi connectivity index (χ1n) is 11.3. The number of aromatic amines is 1. The van der Waals surface area contributed by atoms with Gasteiger partial charge in [0.25, 0.3) is 0 Å². The summed E-state index contributed by atoms with van der Waals surface area (Å²) in [4.78, 5) is 19.3. The molecule has 4 heterocycles.